The topological polar surface area (TPSA) is 38.0 Å². The normalized spacial score (nSPS) is 12.8. The molecule has 1 atom stereocenters. The van der Waals surface area contributed by atoms with Crippen LogP contribution in [0.2, 0.25) is 10.0 Å². The molecule has 17 heavy (non-hydrogen) atoms. The van der Waals surface area contributed by atoms with Crippen LogP contribution in [-0.4, -0.2) is 14.9 Å². The first kappa shape index (κ1) is 12.9. The molecule has 0 bridgehead atoms. The third-order valence-electron chi connectivity index (χ3n) is 2.45. The van der Waals surface area contributed by atoms with Crippen molar-refractivity contribution < 1.29 is 5.11 Å². The van der Waals surface area contributed by atoms with E-state index in [4.69, 9.17) is 23.2 Å². The van der Waals surface area contributed by atoms with Gasteiger partial charge in [-0.2, -0.15) is 5.10 Å². The summed E-state index contributed by atoms with van der Waals surface area (Å²) in [6, 6.07) is 4.99. The fraction of sp³-hybridized carbons (Fsp3) is 0.182. The van der Waals surface area contributed by atoms with E-state index >= 15 is 0 Å². The van der Waals surface area contributed by atoms with Crippen LogP contribution in [-0.2, 0) is 7.05 Å². The predicted molar refractivity (Wildman–Crippen MR) is 71.4 cm³/mol. The van der Waals surface area contributed by atoms with E-state index in [0.29, 0.717) is 21.3 Å². The van der Waals surface area contributed by atoms with E-state index < -0.39 is 6.10 Å². The highest BCUT2D eigenvalue weighted by atomic mass is 79.9. The molecule has 1 heterocycles. The maximum absolute atomic E-state index is 10.3. The fourth-order valence-electron chi connectivity index (χ4n) is 1.60. The second-order valence-electron chi connectivity index (χ2n) is 3.57. The molecule has 1 N–H and O–H groups in total. The zero-order chi connectivity index (χ0) is 12.6. The molecular formula is C11H9BrCl2N2O. The van der Waals surface area contributed by atoms with E-state index in [1.54, 1.807) is 36.1 Å². The number of aromatic nitrogens is 2. The Kier molecular flexibility index (Phi) is 3.78. The van der Waals surface area contributed by atoms with Gasteiger partial charge in [0.05, 0.1) is 16.4 Å². The van der Waals surface area contributed by atoms with Gasteiger partial charge >= 0.3 is 0 Å². The Bertz CT molecular complexity index is 537. The Morgan fingerprint density at radius 1 is 1.41 bits per heavy atom. The number of benzene rings is 1. The van der Waals surface area contributed by atoms with Crippen molar-refractivity contribution in [2.45, 2.75) is 6.10 Å². The maximum atomic E-state index is 10.3. The second kappa shape index (κ2) is 4.98. The van der Waals surface area contributed by atoms with E-state index in [1.807, 2.05) is 0 Å². The highest BCUT2D eigenvalue weighted by molar-refractivity contribution is 9.10. The Morgan fingerprint density at radius 3 is 2.71 bits per heavy atom. The number of halogens is 3. The van der Waals surface area contributed by atoms with Crippen LogP contribution >= 0.6 is 39.1 Å². The summed E-state index contributed by atoms with van der Waals surface area (Å²) in [4.78, 5) is 0. The molecule has 0 spiro atoms. The lowest BCUT2D eigenvalue weighted by Gasteiger charge is -2.14. The van der Waals surface area contributed by atoms with Gasteiger partial charge in [0, 0.05) is 22.7 Å². The molecule has 2 rings (SSSR count). The quantitative estimate of drug-likeness (QED) is 0.911. The van der Waals surface area contributed by atoms with Crippen molar-refractivity contribution in [2.75, 3.05) is 0 Å². The number of aliphatic hydroxyl groups is 1. The molecule has 0 saturated carbocycles. The van der Waals surface area contributed by atoms with Crippen molar-refractivity contribution in [1.29, 1.82) is 0 Å². The van der Waals surface area contributed by atoms with Crippen LogP contribution in [0.25, 0.3) is 0 Å². The Morgan fingerprint density at radius 2 is 2.12 bits per heavy atom. The SMILES string of the molecule is Cn1ncc(Br)c1C(O)c1cc(Cl)ccc1Cl. The predicted octanol–water partition coefficient (Wildman–Crippen LogP) is 3.57. The standard InChI is InChI=1S/C11H9BrCl2N2O/c1-16-10(8(12)5-15-16)11(17)7-4-6(13)2-3-9(7)14/h2-5,11,17H,1H3. The molecule has 0 fully saturated rings. The molecular weight excluding hydrogens is 327 g/mol. The van der Waals surface area contributed by atoms with Gasteiger partial charge in [-0.25, -0.2) is 0 Å². The van der Waals surface area contributed by atoms with Crippen LogP contribution in [0.4, 0.5) is 0 Å². The van der Waals surface area contributed by atoms with Crippen LogP contribution < -0.4 is 0 Å². The van der Waals surface area contributed by atoms with Crippen LogP contribution in [0.5, 0.6) is 0 Å². The lowest BCUT2D eigenvalue weighted by Crippen LogP contribution is -2.07. The number of rotatable bonds is 2. The van der Waals surface area contributed by atoms with Gasteiger partial charge < -0.3 is 5.11 Å². The molecule has 0 aliphatic rings. The molecule has 6 heteroatoms. The second-order valence-corrected chi connectivity index (χ2v) is 5.27. The Hall–Kier alpha value is -0.550. The molecule has 0 amide bonds. The Balaban J connectivity index is 2.50. The molecule has 1 aromatic heterocycles. The summed E-state index contributed by atoms with van der Waals surface area (Å²) in [5.41, 5.74) is 1.19. The molecule has 0 aliphatic heterocycles. The minimum absolute atomic E-state index is 0.468. The smallest absolute Gasteiger partial charge is 0.123 e. The number of hydrogen-bond donors (Lipinski definition) is 1. The molecule has 1 unspecified atom stereocenters. The van der Waals surface area contributed by atoms with Gasteiger partial charge in [0.15, 0.2) is 0 Å². The third kappa shape index (κ3) is 2.50. The molecule has 1 aromatic carbocycles. The van der Waals surface area contributed by atoms with E-state index in [0.717, 1.165) is 4.47 Å². The van der Waals surface area contributed by atoms with Crippen molar-refractivity contribution in [1.82, 2.24) is 9.78 Å². The minimum atomic E-state index is -0.872. The van der Waals surface area contributed by atoms with Gasteiger partial charge in [-0.1, -0.05) is 23.2 Å². The van der Waals surface area contributed by atoms with Crippen LogP contribution in [0.15, 0.2) is 28.9 Å². The highest BCUT2D eigenvalue weighted by Gasteiger charge is 2.20. The first-order chi connectivity index (χ1) is 8.00. The van der Waals surface area contributed by atoms with Crippen LogP contribution in [0.1, 0.15) is 17.4 Å². The summed E-state index contributed by atoms with van der Waals surface area (Å²) >= 11 is 15.3. The van der Waals surface area contributed by atoms with Crippen molar-refractivity contribution in [2.24, 2.45) is 7.05 Å². The van der Waals surface area contributed by atoms with Crippen molar-refractivity contribution in [3.05, 3.63) is 50.2 Å². The Labute approximate surface area is 117 Å². The first-order valence-electron chi connectivity index (χ1n) is 4.81. The summed E-state index contributed by atoms with van der Waals surface area (Å²) in [5, 5.41) is 15.4. The molecule has 0 radical (unpaired) electrons. The summed E-state index contributed by atoms with van der Waals surface area (Å²) in [5.74, 6) is 0. The van der Waals surface area contributed by atoms with Crippen molar-refractivity contribution in [3.63, 3.8) is 0 Å². The number of hydrogen-bond acceptors (Lipinski definition) is 2. The van der Waals surface area contributed by atoms with E-state index in [1.165, 1.54) is 0 Å². The summed E-state index contributed by atoms with van der Waals surface area (Å²) in [6.45, 7) is 0. The summed E-state index contributed by atoms with van der Waals surface area (Å²) in [7, 11) is 1.75. The number of nitrogens with zero attached hydrogens (tertiary/aromatic N) is 2. The first-order valence-corrected chi connectivity index (χ1v) is 6.36. The van der Waals surface area contributed by atoms with Gasteiger partial charge in [0.1, 0.15) is 6.10 Å². The number of aliphatic hydroxyl groups excluding tert-OH is 1. The van der Waals surface area contributed by atoms with E-state index in [9.17, 15) is 5.11 Å². The van der Waals surface area contributed by atoms with Gasteiger partial charge in [-0.05, 0) is 34.1 Å². The largest absolute Gasteiger partial charge is 0.382 e. The van der Waals surface area contributed by atoms with Crippen molar-refractivity contribution in [3.8, 4) is 0 Å². The molecule has 0 saturated heterocycles. The zero-order valence-corrected chi connectivity index (χ0v) is 12.0. The molecule has 0 aliphatic carbocycles. The highest BCUT2D eigenvalue weighted by Crippen LogP contribution is 2.33. The van der Waals surface area contributed by atoms with Crippen LogP contribution in [0.3, 0.4) is 0 Å². The van der Waals surface area contributed by atoms with Gasteiger partial charge in [-0.15, -0.1) is 0 Å². The lowest BCUT2D eigenvalue weighted by atomic mass is 10.1. The number of aryl methyl sites for hydroxylation is 1. The molecule has 3 nitrogen and oxygen atoms in total. The maximum Gasteiger partial charge on any atom is 0.123 e. The minimum Gasteiger partial charge on any atom is -0.382 e. The van der Waals surface area contributed by atoms with E-state index in [2.05, 4.69) is 21.0 Å². The monoisotopic (exact) mass is 334 g/mol. The van der Waals surface area contributed by atoms with Gasteiger partial charge in [-0.3, -0.25) is 4.68 Å². The van der Waals surface area contributed by atoms with Crippen LogP contribution in [0, 0.1) is 0 Å². The van der Waals surface area contributed by atoms with Gasteiger partial charge in [0.2, 0.25) is 0 Å². The fourth-order valence-corrected chi connectivity index (χ4v) is 2.57. The van der Waals surface area contributed by atoms with E-state index in [-0.39, 0.29) is 0 Å². The third-order valence-corrected chi connectivity index (χ3v) is 3.64. The van der Waals surface area contributed by atoms with Gasteiger partial charge in [0.25, 0.3) is 0 Å². The average Bonchev–Trinajstić information content (AvgIpc) is 2.61. The summed E-state index contributed by atoms with van der Waals surface area (Å²) in [6.07, 6.45) is 0.750. The molecule has 2 aromatic rings. The van der Waals surface area contributed by atoms with Crippen molar-refractivity contribution >= 4 is 39.1 Å². The average molecular weight is 336 g/mol. The lowest BCUT2D eigenvalue weighted by molar-refractivity contribution is 0.209. The zero-order valence-electron chi connectivity index (χ0n) is 8.86. The molecule has 90 valence electrons. The summed E-state index contributed by atoms with van der Waals surface area (Å²) < 4.78 is 2.31.